The summed E-state index contributed by atoms with van der Waals surface area (Å²) in [5, 5.41) is 11.4. The monoisotopic (exact) mass is 180 g/mol. The fourth-order valence-corrected chi connectivity index (χ4v) is 1.13. The van der Waals surface area contributed by atoms with Gasteiger partial charge in [-0.2, -0.15) is 4.73 Å². The first kappa shape index (κ1) is 9.96. The van der Waals surface area contributed by atoms with Gasteiger partial charge < -0.3 is 5.21 Å². The van der Waals surface area contributed by atoms with E-state index in [4.69, 9.17) is 0 Å². The van der Waals surface area contributed by atoms with E-state index in [9.17, 15) is 5.21 Å². The zero-order chi connectivity index (χ0) is 10.0. The summed E-state index contributed by atoms with van der Waals surface area (Å²) < 4.78 is 0.907. The first-order chi connectivity index (χ1) is 6.06. The second-order valence-corrected chi connectivity index (χ2v) is 3.47. The molecule has 0 aliphatic carbocycles. The highest BCUT2D eigenvalue weighted by Gasteiger charge is 2.12. The Labute approximate surface area is 79.0 Å². The maximum Gasteiger partial charge on any atom is 0.210 e. The molecule has 1 aromatic rings. The fraction of sp³-hybridized carbons (Fsp3) is 0.600. The summed E-state index contributed by atoms with van der Waals surface area (Å²) in [6.45, 7) is 7.83. The van der Waals surface area contributed by atoms with Gasteiger partial charge in [0, 0.05) is 12.8 Å². The molecule has 1 aromatic heterocycles. The van der Waals surface area contributed by atoms with Gasteiger partial charge >= 0.3 is 0 Å². The molecule has 0 saturated heterocycles. The van der Waals surface area contributed by atoms with Crippen LogP contribution in [0.4, 0.5) is 0 Å². The molecule has 0 N–H and O–H groups in total. The third kappa shape index (κ3) is 1.97. The summed E-state index contributed by atoms with van der Waals surface area (Å²) in [4.78, 5) is 4.38. The Morgan fingerprint density at radius 1 is 1.54 bits per heavy atom. The van der Waals surface area contributed by atoms with Crippen LogP contribution < -0.4 is 4.73 Å². The van der Waals surface area contributed by atoms with E-state index in [0.29, 0.717) is 11.6 Å². The zero-order valence-corrected chi connectivity index (χ0v) is 8.66. The van der Waals surface area contributed by atoms with Gasteiger partial charge in [-0.25, -0.2) is 4.98 Å². The lowest BCUT2D eigenvalue weighted by Gasteiger charge is -2.09. The number of aromatic nitrogens is 2. The predicted molar refractivity (Wildman–Crippen MR) is 51.4 cm³/mol. The molecule has 0 amide bonds. The van der Waals surface area contributed by atoms with E-state index in [-0.39, 0.29) is 0 Å². The Morgan fingerprint density at radius 3 is 2.62 bits per heavy atom. The van der Waals surface area contributed by atoms with Crippen LogP contribution in [0.2, 0.25) is 0 Å². The highest BCUT2D eigenvalue weighted by molar-refractivity contribution is 5.08. The van der Waals surface area contributed by atoms with Gasteiger partial charge in [0.1, 0.15) is 11.4 Å². The van der Waals surface area contributed by atoms with E-state index in [2.05, 4.69) is 18.8 Å². The Kier molecular flexibility index (Phi) is 2.86. The number of nitrogens with zero attached hydrogens (tertiary/aromatic N) is 2. The van der Waals surface area contributed by atoms with Gasteiger partial charge in [-0.05, 0) is 13.3 Å². The van der Waals surface area contributed by atoms with E-state index >= 15 is 0 Å². The Bertz CT molecular complexity index is 287. The summed E-state index contributed by atoms with van der Waals surface area (Å²) in [5.74, 6) is 0.361. The molecule has 0 radical (unpaired) electrons. The minimum absolute atomic E-state index is 0.361. The molecular weight excluding hydrogens is 164 g/mol. The van der Waals surface area contributed by atoms with E-state index in [1.54, 1.807) is 13.1 Å². The average molecular weight is 180 g/mol. The van der Waals surface area contributed by atoms with Crippen LogP contribution in [0.3, 0.4) is 0 Å². The van der Waals surface area contributed by atoms with Crippen molar-refractivity contribution in [2.24, 2.45) is 0 Å². The van der Waals surface area contributed by atoms with Crippen LogP contribution in [0.25, 0.3) is 0 Å². The maximum atomic E-state index is 11.4. The average Bonchev–Trinajstić information content (AvgIpc) is 2.12. The molecule has 0 spiro atoms. The van der Waals surface area contributed by atoms with Crippen molar-refractivity contribution in [2.45, 2.75) is 40.0 Å². The van der Waals surface area contributed by atoms with Crippen LogP contribution in [0.1, 0.15) is 43.3 Å². The summed E-state index contributed by atoms with van der Waals surface area (Å²) in [5.41, 5.74) is 2.40. The largest absolute Gasteiger partial charge is 0.618 e. The van der Waals surface area contributed by atoms with E-state index in [1.807, 2.05) is 6.92 Å². The molecule has 72 valence electrons. The highest BCUT2D eigenvalue weighted by Crippen LogP contribution is 2.15. The van der Waals surface area contributed by atoms with Gasteiger partial charge in [0.15, 0.2) is 0 Å². The smallest absolute Gasteiger partial charge is 0.210 e. The molecule has 0 unspecified atom stereocenters. The second-order valence-electron chi connectivity index (χ2n) is 3.47. The van der Waals surface area contributed by atoms with Gasteiger partial charge in [0.25, 0.3) is 0 Å². The van der Waals surface area contributed by atoms with E-state index in [1.165, 1.54) is 0 Å². The number of hydrogen-bond acceptors (Lipinski definition) is 2. The molecule has 0 saturated carbocycles. The van der Waals surface area contributed by atoms with Crippen LogP contribution in [0, 0.1) is 19.1 Å². The molecule has 13 heavy (non-hydrogen) atoms. The van der Waals surface area contributed by atoms with E-state index < -0.39 is 0 Å². The molecule has 0 bridgehead atoms. The minimum atomic E-state index is 0.361. The van der Waals surface area contributed by atoms with Crippen LogP contribution in [0.5, 0.6) is 0 Å². The standard InChI is InChI=1S/C10H16N2O/c1-5-7(2)10-6-12(13)9(4)8(3)11-10/h6-7H,5H2,1-4H3/t7-/m0/s1. The third-order valence-electron chi connectivity index (χ3n) is 2.52. The fourth-order valence-electron chi connectivity index (χ4n) is 1.13. The first-order valence-electron chi connectivity index (χ1n) is 4.63. The topological polar surface area (TPSA) is 39.8 Å². The van der Waals surface area contributed by atoms with Crippen molar-refractivity contribution >= 4 is 0 Å². The van der Waals surface area contributed by atoms with Crippen molar-refractivity contribution in [3.8, 4) is 0 Å². The van der Waals surface area contributed by atoms with Crippen molar-refractivity contribution in [3.05, 3.63) is 28.5 Å². The van der Waals surface area contributed by atoms with Gasteiger partial charge in [0.2, 0.25) is 11.9 Å². The lowest BCUT2D eigenvalue weighted by molar-refractivity contribution is -0.613. The van der Waals surface area contributed by atoms with Crippen molar-refractivity contribution in [1.82, 2.24) is 4.98 Å². The van der Waals surface area contributed by atoms with E-state index in [0.717, 1.165) is 22.5 Å². The normalized spacial score (nSPS) is 12.9. The quantitative estimate of drug-likeness (QED) is 0.514. The maximum absolute atomic E-state index is 11.4. The molecule has 1 atom stereocenters. The SMILES string of the molecule is CC[C@H](C)c1c[n+]([O-])c(C)c(C)n1. The van der Waals surface area contributed by atoms with Crippen molar-refractivity contribution in [3.63, 3.8) is 0 Å². The molecule has 3 heteroatoms. The van der Waals surface area contributed by atoms with Gasteiger partial charge in [-0.1, -0.05) is 13.8 Å². The number of rotatable bonds is 2. The van der Waals surface area contributed by atoms with Crippen LogP contribution in [0.15, 0.2) is 6.20 Å². The summed E-state index contributed by atoms with van der Waals surface area (Å²) in [6.07, 6.45) is 2.59. The number of aryl methyl sites for hydroxylation is 1. The highest BCUT2D eigenvalue weighted by atomic mass is 16.5. The van der Waals surface area contributed by atoms with Crippen molar-refractivity contribution in [2.75, 3.05) is 0 Å². The minimum Gasteiger partial charge on any atom is -0.618 e. The Hall–Kier alpha value is -1.12. The predicted octanol–water partition coefficient (Wildman–Crippen LogP) is 1.85. The molecule has 3 nitrogen and oxygen atoms in total. The second kappa shape index (κ2) is 3.73. The molecule has 0 aromatic carbocycles. The summed E-state index contributed by atoms with van der Waals surface area (Å²) in [6, 6.07) is 0. The van der Waals surface area contributed by atoms with Crippen LogP contribution in [-0.4, -0.2) is 4.98 Å². The lowest BCUT2D eigenvalue weighted by Crippen LogP contribution is -2.32. The third-order valence-corrected chi connectivity index (χ3v) is 2.52. The summed E-state index contributed by atoms with van der Waals surface area (Å²) in [7, 11) is 0. The van der Waals surface area contributed by atoms with Gasteiger partial charge in [0.05, 0.1) is 0 Å². The molecule has 0 aliphatic rings. The van der Waals surface area contributed by atoms with Crippen molar-refractivity contribution < 1.29 is 4.73 Å². The Morgan fingerprint density at radius 2 is 2.15 bits per heavy atom. The zero-order valence-electron chi connectivity index (χ0n) is 8.66. The van der Waals surface area contributed by atoms with Gasteiger partial charge in [-0.3, -0.25) is 0 Å². The summed E-state index contributed by atoms with van der Waals surface area (Å²) >= 11 is 0. The van der Waals surface area contributed by atoms with Gasteiger partial charge in [-0.15, -0.1) is 0 Å². The molecule has 0 fully saturated rings. The van der Waals surface area contributed by atoms with Crippen molar-refractivity contribution in [1.29, 1.82) is 0 Å². The number of hydrogen-bond donors (Lipinski definition) is 0. The lowest BCUT2D eigenvalue weighted by atomic mass is 10.1. The molecule has 1 heterocycles. The first-order valence-corrected chi connectivity index (χ1v) is 4.63. The molecular formula is C10H16N2O. The van der Waals surface area contributed by atoms with Crippen LogP contribution >= 0.6 is 0 Å². The Balaban J connectivity index is 3.13. The molecule has 1 rings (SSSR count). The van der Waals surface area contributed by atoms with Crippen LogP contribution in [-0.2, 0) is 0 Å². The molecule has 0 aliphatic heterocycles.